The minimum Gasteiger partial charge on any atom is -0.480 e. The van der Waals surface area contributed by atoms with Crippen molar-refractivity contribution in [3.05, 3.63) is 59.7 Å². The number of nitrogens with one attached hydrogen (secondary N) is 2. The molecule has 0 bridgehead atoms. The summed E-state index contributed by atoms with van der Waals surface area (Å²) >= 11 is 0. The lowest BCUT2D eigenvalue weighted by Crippen LogP contribution is -2.53. The van der Waals surface area contributed by atoms with Gasteiger partial charge in [0.15, 0.2) is 0 Å². The summed E-state index contributed by atoms with van der Waals surface area (Å²) in [4.78, 5) is 36.2. The van der Waals surface area contributed by atoms with Gasteiger partial charge in [-0.1, -0.05) is 48.5 Å². The van der Waals surface area contributed by atoms with Crippen LogP contribution >= 0.6 is 0 Å². The number of fused-ring (bicyclic) bond motifs is 3. The third-order valence-electron chi connectivity index (χ3n) is 5.89. The van der Waals surface area contributed by atoms with Crippen molar-refractivity contribution in [2.45, 2.75) is 36.8 Å². The van der Waals surface area contributed by atoms with Gasteiger partial charge in [0.25, 0.3) is 0 Å². The van der Waals surface area contributed by atoms with Gasteiger partial charge in [-0.25, -0.2) is 9.59 Å². The third kappa shape index (κ3) is 4.11. The molecule has 2 aromatic carbocycles. The minimum absolute atomic E-state index is 0.0944. The Kier molecular flexibility index (Phi) is 5.65. The molecule has 2 aromatic rings. The fourth-order valence-electron chi connectivity index (χ4n) is 4.05. The molecule has 4 rings (SSSR count). The molecule has 31 heavy (non-hydrogen) atoms. The number of rotatable bonds is 8. The second kappa shape index (κ2) is 8.39. The number of benzene rings is 2. The number of ether oxygens (including phenoxy) is 1. The molecule has 8 heteroatoms. The molecule has 1 fully saturated rings. The quantitative estimate of drug-likeness (QED) is 0.514. The second-order valence-electron chi connectivity index (χ2n) is 7.91. The molecule has 162 valence electrons. The van der Waals surface area contributed by atoms with E-state index in [2.05, 4.69) is 10.6 Å². The Morgan fingerprint density at radius 1 is 1.03 bits per heavy atom. The highest BCUT2D eigenvalue weighted by molar-refractivity contribution is 5.95. The molecule has 8 nitrogen and oxygen atoms in total. The maximum absolute atomic E-state index is 12.5. The van der Waals surface area contributed by atoms with Crippen molar-refractivity contribution in [3.8, 4) is 11.1 Å². The van der Waals surface area contributed by atoms with Gasteiger partial charge in [0.05, 0.1) is 0 Å². The maximum atomic E-state index is 12.5. The van der Waals surface area contributed by atoms with E-state index in [0.29, 0.717) is 12.8 Å². The van der Waals surface area contributed by atoms with Crippen LogP contribution in [0.4, 0.5) is 4.79 Å². The fourth-order valence-corrected chi connectivity index (χ4v) is 4.05. The van der Waals surface area contributed by atoms with Gasteiger partial charge >= 0.3 is 12.1 Å². The van der Waals surface area contributed by atoms with Crippen LogP contribution in [-0.2, 0) is 14.3 Å². The standard InChI is InChI=1S/C23H24N2O6/c26-12-9-19(20(27)28)24-21(29)23(10-11-23)25-22(30)31-13-18-16-7-3-1-5-14(16)15-6-2-4-8-17(15)18/h1-8,18-19,26H,9-13H2,(H,24,29)(H,25,30)(H,27,28)/t19-/m1/s1. The van der Waals surface area contributed by atoms with E-state index in [1.165, 1.54) is 0 Å². The number of hydrogen-bond acceptors (Lipinski definition) is 5. The van der Waals surface area contributed by atoms with Gasteiger partial charge in [-0.2, -0.15) is 0 Å². The Morgan fingerprint density at radius 2 is 1.61 bits per heavy atom. The largest absolute Gasteiger partial charge is 0.480 e. The molecule has 1 atom stereocenters. The summed E-state index contributed by atoms with van der Waals surface area (Å²) in [7, 11) is 0. The molecule has 0 spiro atoms. The fraction of sp³-hybridized carbons (Fsp3) is 0.348. The summed E-state index contributed by atoms with van der Waals surface area (Å²) < 4.78 is 5.48. The third-order valence-corrected chi connectivity index (χ3v) is 5.89. The zero-order chi connectivity index (χ0) is 22.0. The van der Waals surface area contributed by atoms with Crippen LogP contribution in [0.2, 0.25) is 0 Å². The van der Waals surface area contributed by atoms with E-state index in [4.69, 9.17) is 14.9 Å². The Labute approximate surface area is 179 Å². The highest BCUT2D eigenvalue weighted by Gasteiger charge is 2.52. The molecular weight excluding hydrogens is 400 g/mol. The van der Waals surface area contributed by atoms with Crippen LogP contribution in [0.1, 0.15) is 36.3 Å². The molecule has 2 amide bonds. The van der Waals surface area contributed by atoms with Crippen LogP contribution in [0.25, 0.3) is 11.1 Å². The van der Waals surface area contributed by atoms with Crippen LogP contribution in [0.15, 0.2) is 48.5 Å². The number of carbonyl (C=O) groups excluding carboxylic acids is 2. The number of amides is 2. The first-order valence-electron chi connectivity index (χ1n) is 10.2. The molecule has 1 saturated carbocycles. The molecule has 0 unspecified atom stereocenters. The minimum atomic E-state index is -1.24. The first-order valence-corrected chi connectivity index (χ1v) is 10.2. The van der Waals surface area contributed by atoms with E-state index in [-0.39, 0.29) is 25.6 Å². The molecule has 0 radical (unpaired) electrons. The van der Waals surface area contributed by atoms with Gasteiger partial charge in [0.2, 0.25) is 5.91 Å². The molecule has 0 saturated heterocycles. The lowest BCUT2D eigenvalue weighted by molar-refractivity contribution is -0.142. The monoisotopic (exact) mass is 424 g/mol. The van der Waals surface area contributed by atoms with Crippen molar-refractivity contribution < 1.29 is 29.3 Å². The van der Waals surface area contributed by atoms with Crippen LogP contribution in [-0.4, -0.2) is 53.0 Å². The van der Waals surface area contributed by atoms with Gasteiger partial charge in [-0.15, -0.1) is 0 Å². The predicted molar refractivity (Wildman–Crippen MR) is 111 cm³/mol. The van der Waals surface area contributed by atoms with Crippen molar-refractivity contribution >= 4 is 18.0 Å². The van der Waals surface area contributed by atoms with Gasteiger partial charge in [0.1, 0.15) is 18.2 Å². The average Bonchev–Trinajstić information content (AvgIpc) is 3.47. The summed E-state index contributed by atoms with van der Waals surface area (Å²) in [6.07, 6.45) is -0.0333. The molecule has 0 heterocycles. The summed E-state index contributed by atoms with van der Waals surface area (Å²) in [5.74, 6) is -1.91. The summed E-state index contributed by atoms with van der Waals surface area (Å²) in [5.41, 5.74) is 3.25. The van der Waals surface area contributed by atoms with Crippen molar-refractivity contribution in [1.82, 2.24) is 10.6 Å². The van der Waals surface area contributed by atoms with Crippen LogP contribution in [0.5, 0.6) is 0 Å². The number of carboxylic acid groups (broad SMARTS) is 1. The first-order chi connectivity index (χ1) is 14.9. The zero-order valence-electron chi connectivity index (χ0n) is 16.8. The van der Waals surface area contributed by atoms with Gasteiger partial charge in [0, 0.05) is 18.9 Å². The van der Waals surface area contributed by atoms with E-state index < -0.39 is 29.6 Å². The Hall–Kier alpha value is -3.39. The number of hydrogen-bond donors (Lipinski definition) is 4. The summed E-state index contributed by atoms with van der Waals surface area (Å²) in [6.45, 7) is -0.246. The lowest BCUT2D eigenvalue weighted by Gasteiger charge is -2.21. The number of aliphatic carboxylic acids is 1. The van der Waals surface area contributed by atoms with Crippen molar-refractivity contribution in [1.29, 1.82) is 0 Å². The Bertz CT molecular complexity index is 971. The molecule has 2 aliphatic carbocycles. The molecule has 0 aliphatic heterocycles. The average molecular weight is 424 g/mol. The van der Waals surface area contributed by atoms with Crippen molar-refractivity contribution in [2.75, 3.05) is 13.2 Å². The molecule has 2 aliphatic rings. The van der Waals surface area contributed by atoms with Gasteiger partial charge < -0.3 is 25.6 Å². The second-order valence-corrected chi connectivity index (χ2v) is 7.91. The van der Waals surface area contributed by atoms with Crippen molar-refractivity contribution in [3.63, 3.8) is 0 Å². The Balaban J connectivity index is 1.39. The lowest BCUT2D eigenvalue weighted by atomic mass is 9.98. The van der Waals surface area contributed by atoms with Crippen molar-refractivity contribution in [2.24, 2.45) is 0 Å². The van der Waals surface area contributed by atoms with Gasteiger partial charge in [-0.05, 0) is 35.1 Å². The number of aliphatic hydroxyl groups excluding tert-OH is 1. The van der Waals surface area contributed by atoms with E-state index in [1.807, 2.05) is 48.5 Å². The number of carboxylic acids is 1. The van der Waals surface area contributed by atoms with E-state index in [9.17, 15) is 14.4 Å². The molecule has 0 aromatic heterocycles. The Morgan fingerprint density at radius 3 is 2.13 bits per heavy atom. The zero-order valence-corrected chi connectivity index (χ0v) is 16.8. The van der Waals surface area contributed by atoms with E-state index in [0.717, 1.165) is 22.3 Å². The van der Waals surface area contributed by atoms with E-state index in [1.54, 1.807) is 0 Å². The summed E-state index contributed by atoms with van der Waals surface area (Å²) in [6, 6.07) is 14.8. The smallest absolute Gasteiger partial charge is 0.408 e. The SMILES string of the molecule is O=C(NC1(C(=O)N[C@H](CCO)C(=O)O)CC1)OCC1c2ccccc2-c2ccccc21. The van der Waals surface area contributed by atoms with Crippen LogP contribution in [0, 0.1) is 0 Å². The molecule has 4 N–H and O–H groups in total. The van der Waals surface area contributed by atoms with Crippen LogP contribution in [0.3, 0.4) is 0 Å². The number of carbonyl (C=O) groups is 3. The van der Waals surface area contributed by atoms with Crippen LogP contribution < -0.4 is 10.6 Å². The predicted octanol–water partition coefficient (Wildman–Crippen LogP) is 2.01. The topological polar surface area (TPSA) is 125 Å². The highest BCUT2D eigenvalue weighted by atomic mass is 16.5. The maximum Gasteiger partial charge on any atom is 0.408 e. The molecular formula is C23H24N2O6. The number of aliphatic hydroxyl groups is 1. The first kappa shape index (κ1) is 20.9. The normalized spacial score (nSPS) is 16.5. The van der Waals surface area contributed by atoms with E-state index >= 15 is 0 Å². The van der Waals surface area contributed by atoms with Gasteiger partial charge in [-0.3, -0.25) is 4.79 Å². The highest BCUT2D eigenvalue weighted by Crippen LogP contribution is 2.44. The summed E-state index contributed by atoms with van der Waals surface area (Å²) in [5, 5.41) is 23.1. The number of alkyl carbamates (subject to hydrolysis) is 1.